The Morgan fingerprint density at radius 1 is 0.760 bits per heavy atom. The third-order valence-electron chi connectivity index (χ3n) is 5.65. The summed E-state index contributed by atoms with van der Waals surface area (Å²) in [4.78, 5) is 0. The molecule has 124 valence electrons. The van der Waals surface area contributed by atoms with Crippen LogP contribution >= 0.6 is 0 Å². The van der Waals surface area contributed by atoms with Gasteiger partial charge in [-0.2, -0.15) is 5.26 Å². The van der Waals surface area contributed by atoms with Crippen molar-refractivity contribution in [1.29, 1.82) is 5.26 Å². The van der Waals surface area contributed by atoms with Crippen LogP contribution in [0.3, 0.4) is 0 Å². The van der Waals surface area contributed by atoms with Crippen LogP contribution in [0.4, 0.5) is 0 Å². The predicted octanol–water partition coefficient (Wildman–Crippen LogP) is 5.80. The Labute approximate surface area is 150 Å². The SMILES string of the molecule is CC1=C(C(C#N)C2=C(C)Cc3ccc(C)cc32)c2cc(C)ccc2C1. The molecule has 1 nitrogen and oxygen atoms in total. The van der Waals surface area contributed by atoms with Gasteiger partial charge >= 0.3 is 0 Å². The second-order valence-electron chi connectivity index (χ2n) is 7.62. The highest BCUT2D eigenvalue weighted by Gasteiger charge is 2.33. The van der Waals surface area contributed by atoms with Gasteiger partial charge in [0.1, 0.15) is 0 Å². The lowest BCUT2D eigenvalue weighted by atomic mass is 9.83. The lowest BCUT2D eigenvalue weighted by molar-refractivity contribution is 1.09. The Hall–Kier alpha value is -2.59. The first-order valence-electron chi connectivity index (χ1n) is 8.98. The van der Waals surface area contributed by atoms with E-state index in [0.717, 1.165) is 12.8 Å². The summed E-state index contributed by atoms with van der Waals surface area (Å²) in [7, 11) is 0. The van der Waals surface area contributed by atoms with Crippen LogP contribution in [0.15, 0.2) is 47.5 Å². The molecule has 25 heavy (non-hydrogen) atoms. The molecule has 0 atom stereocenters. The van der Waals surface area contributed by atoms with Gasteiger partial charge < -0.3 is 0 Å². The molecule has 0 N–H and O–H groups in total. The highest BCUT2D eigenvalue weighted by Crippen LogP contribution is 2.47. The minimum absolute atomic E-state index is 0.175. The summed E-state index contributed by atoms with van der Waals surface area (Å²) in [6.45, 7) is 8.64. The zero-order chi connectivity index (χ0) is 17.7. The number of benzene rings is 2. The molecular formula is C24H23N. The highest BCUT2D eigenvalue weighted by molar-refractivity contribution is 5.92. The average molecular weight is 325 g/mol. The number of fused-ring (bicyclic) bond motifs is 2. The average Bonchev–Trinajstić information content (AvgIpc) is 3.06. The van der Waals surface area contributed by atoms with Crippen molar-refractivity contribution in [1.82, 2.24) is 0 Å². The molecule has 0 bridgehead atoms. The zero-order valence-corrected chi connectivity index (χ0v) is 15.4. The van der Waals surface area contributed by atoms with Crippen LogP contribution in [0.25, 0.3) is 11.1 Å². The topological polar surface area (TPSA) is 23.8 Å². The predicted molar refractivity (Wildman–Crippen MR) is 104 cm³/mol. The number of allylic oxidation sites excluding steroid dienone is 4. The minimum Gasteiger partial charge on any atom is -0.197 e. The van der Waals surface area contributed by atoms with Gasteiger partial charge in [0, 0.05) is 0 Å². The Morgan fingerprint density at radius 3 is 1.60 bits per heavy atom. The number of hydrogen-bond donors (Lipinski definition) is 0. The molecule has 0 amide bonds. The summed E-state index contributed by atoms with van der Waals surface area (Å²) in [6.07, 6.45) is 1.94. The van der Waals surface area contributed by atoms with E-state index in [0.29, 0.717) is 0 Å². The normalized spacial score (nSPS) is 15.7. The maximum Gasteiger partial charge on any atom is 0.0973 e. The monoisotopic (exact) mass is 325 g/mol. The Morgan fingerprint density at radius 2 is 1.20 bits per heavy atom. The molecule has 2 aliphatic rings. The zero-order valence-electron chi connectivity index (χ0n) is 15.4. The van der Waals surface area contributed by atoms with Gasteiger partial charge in [0.05, 0.1) is 12.0 Å². The van der Waals surface area contributed by atoms with E-state index in [1.54, 1.807) is 0 Å². The first kappa shape index (κ1) is 15.9. The number of nitrogens with zero attached hydrogens (tertiary/aromatic N) is 1. The van der Waals surface area contributed by atoms with Gasteiger partial charge in [0.2, 0.25) is 0 Å². The molecular weight excluding hydrogens is 302 g/mol. The van der Waals surface area contributed by atoms with Crippen LogP contribution in [0.1, 0.15) is 47.2 Å². The maximum absolute atomic E-state index is 10.2. The second-order valence-corrected chi connectivity index (χ2v) is 7.62. The number of hydrogen-bond acceptors (Lipinski definition) is 1. The van der Waals surface area contributed by atoms with Gasteiger partial charge in [0.15, 0.2) is 0 Å². The molecule has 0 unspecified atom stereocenters. The van der Waals surface area contributed by atoms with Gasteiger partial charge in [-0.05, 0) is 73.9 Å². The van der Waals surface area contributed by atoms with E-state index in [2.05, 4.69) is 70.2 Å². The van der Waals surface area contributed by atoms with E-state index in [1.165, 1.54) is 55.7 Å². The Bertz CT molecular complexity index is 920. The quantitative estimate of drug-likeness (QED) is 0.684. The number of aryl methyl sites for hydroxylation is 2. The lowest BCUT2D eigenvalue weighted by Crippen LogP contribution is -2.05. The summed E-state index contributed by atoms with van der Waals surface area (Å²) in [6, 6.07) is 16.0. The molecule has 0 radical (unpaired) electrons. The lowest BCUT2D eigenvalue weighted by Gasteiger charge is -2.18. The summed E-state index contributed by atoms with van der Waals surface area (Å²) in [5.41, 5.74) is 13.0. The first-order valence-corrected chi connectivity index (χ1v) is 8.98. The standard InChI is InChI=1S/C24H23N/c1-14-5-7-18-11-16(3)23(20(18)9-14)22(13-25)24-17(4)12-19-8-6-15(2)10-21(19)24/h5-10,22H,11-12H2,1-4H3. The fraction of sp³-hybridized carbons (Fsp3) is 0.292. The molecule has 0 saturated carbocycles. The number of rotatable bonds is 2. The highest BCUT2D eigenvalue weighted by atomic mass is 14.4. The smallest absolute Gasteiger partial charge is 0.0973 e. The summed E-state index contributed by atoms with van der Waals surface area (Å²) >= 11 is 0. The maximum atomic E-state index is 10.2. The molecule has 1 heteroatoms. The molecule has 0 aliphatic heterocycles. The van der Waals surface area contributed by atoms with Crippen molar-refractivity contribution in [3.05, 3.63) is 80.9 Å². The van der Waals surface area contributed by atoms with Crippen LogP contribution < -0.4 is 0 Å². The van der Waals surface area contributed by atoms with E-state index < -0.39 is 0 Å². The van der Waals surface area contributed by atoms with E-state index in [-0.39, 0.29) is 5.92 Å². The van der Waals surface area contributed by atoms with Crippen molar-refractivity contribution in [3.8, 4) is 6.07 Å². The van der Waals surface area contributed by atoms with Crippen molar-refractivity contribution in [2.24, 2.45) is 5.92 Å². The first-order chi connectivity index (χ1) is 12.0. The van der Waals surface area contributed by atoms with Gasteiger partial charge in [0.25, 0.3) is 0 Å². The van der Waals surface area contributed by atoms with Crippen LogP contribution in [-0.2, 0) is 12.8 Å². The van der Waals surface area contributed by atoms with E-state index in [1.807, 2.05) is 0 Å². The van der Waals surface area contributed by atoms with Gasteiger partial charge in [-0.15, -0.1) is 0 Å². The van der Waals surface area contributed by atoms with E-state index in [9.17, 15) is 5.26 Å². The molecule has 2 aromatic carbocycles. The molecule has 2 aliphatic carbocycles. The molecule has 2 aromatic rings. The van der Waals surface area contributed by atoms with Crippen LogP contribution in [-0.4, -0.2) is 0 Å². The summed E-state index contributed by atoms with van der Waals surface area (Å²) < 4.78 is 0. The molecule has 0 aromatic heterocycles. The molecule has 0 spiro atoms. The van der Waals surface area contributed by atoms with Crippen LogP contribution in [0, 0.1) is 31.1 Å². The molecule has 0 saturated heterocycles. The van der Waals surface area contributed by atoms with Crippen molar-refractivity contribution in [2.45, 2.75) is 40.5 Å². The van der Waals surface area contributed by atoms with Crippen molar-refractivity contribution in [2.75, 3.05) is 0 Å². The summed E-state index contributed by atoms with van der Waals surface area (Å²) in [5.74, 6) is -0.175. The van der Waals surface area contributed by atoms with Gasteiger partial charge in [-0.25, -0.2) is 0 Å². The van der Waals surface area contributed by atoms with E-state index in [4.69, 9.17) is 0 Å². The van der Waals surface area contributed by atoms with E-state index >= 15 is 0 Å². The van der Waals surface area contributed by atoms with Crippen molar-refractivity contribution >= 4 is 11.1 Å². The minimum atomic E-state index is -0.175. The number of nitriles is 1. The second kappa shape index (κ2) is 5.74. The fourth-order valence-electron chi connectivity index (χ4n) is 4.49. The molecule has 0 heterocycles. The van der Waals surface area contributed by atoms with Crippen molar-refractivity contribution in [3.63, 3.8) is 0 Å². The summed E-state index contributed by atoms with van der Waals surface area (Å²) in [5, 5.41) is 10.2. The largest absolute Gasteiger partial charge is 0.197 e. The molecule has 4 rings (SSSR count). The van der Waals surface area contributed by atoms with Crippen LogP contribution in [0.2, 0.25) is 0 Å². The Kier molecular flexibility index (Phi) is 3.65. The fourth-order valence-corrected chi connectivity index (χ4v) is 4.49. The van der Waals surface area contributed by atoms with Crippen molar-refractivity contribution < 1.29 is 0 Å². The molecule has 0 fully saturated rings. The Balaban J connectivity index is 1.88. The third kappa shape index (κ3) is 2.45. The third-order valence-corrected chi connectivity index (χ3v) is 5.65. The van der Waals surface area contributed by atoms with Crippen LogP contribution in [0.5, 0.6) is 0 Å². The van der Waals surface area contributed by atoms with Gasteiger partial charge in [-0.3, -0.25) is 0 Å². The van der Waals surface area contributed by atoms with Gasteiger partial charge in [-0.1, -0.05) is 58.7 Å².